The van der Waals surface area contributed by atoms with E-state index in [4.69, 9.17) is 0 Å². The molecule has 0 aliphatic rings. The third-order valence-electron chi connectivity index (χ3n) is 3.60. The Hall–Kier alpha value is -1.69. The minimum absolute atomic E-state index is 0. The predicted octanol–water partition coefficient (Wildman–Crippen LogP) is 6.31. The Morgan fingerprint density at radius 2 is 1.04 bits per heavy atom. The van der Waals surface area contributed by atoms with Crippen molar-refractivity contribution in [3.05, 3.63) is 114 Å². The molecule has 0 saturated heterocycles. The molecule has 3 aromatic rings. The fourth-order valence-electron chi connectivity index (χ4n) is 2.47. The van der Waals surface area contributed by atoms with Crippen LogP contribution >= 0.6 is 25.8 Å². The van der Waals surface area contributed by atoms with Gasteiger partial charge in [0.2, 0.25) is 0 Å². The normalized spacial score (nSPS) is 11.2. The van der Waals surface area contributed by atoms with Crippen LogP contribution in [0.5, 0.6) is 0 Å². The lowest BCUT2D eigenvalue weighted by Gasteiger charge is -2.12. The van der Waals surface area contributed by atoms with E-state index < -0.39 is 0 Å². The molecule has 0 radical (unpaired) electrons. The van der Waals surface area contributed by atoms with Crippen molar-refractivity contribution in [3.63, 3.8) is 0 Å². The first-order valence-corrected chi connectivity index (χ1v) is 8.28. The lowest BCUT2D eigenvalue weighted by molar-refractivity contribution is 1.25. The van der Waals surface area contributed by atoms with E-state index in [2.05, 4.69) is 107 Å². The molecule has 0 amide bonds. The average Bonchev–Trinajstić information content (AvgIpc) is 2.62. The van der Waals surface area contributed by atoms with E-state index in [0.717, 1.165) is 0 Å². The summed E-state index contributed by atoms with van der Waals surface area (Å²) in [6.07, 6.45) is 2.28. The SMILES string of the molecule is BrC(C=C(c1ccccc1)c1ccccc1)c1ccccc1.P. The van der Waals surface area contributed by atoms with Crippen LogP contribution in [0.1, 0.15) is 21.5 Å². The van der Waals surface area contributed by atoms with Crippen LogP contribution in [0.3, 0.4) is 0 Å². The topological polar surface area (TPSA) is 0 Å². The van der Waals surface area contributed by atoms with Crippen molar-refractivity contribution in [2.45, 2.75) is 4.83 Å². The zero-order valence-electron chi connectivity index (χ0n) is 12.9. The maximum absolute atomic E-state index is 3.80. The highest BCUT2D eigenvalue weighted by atomic mass is 79.9. The fourth-order valence-corrected chi connectivity index (χ4v) is 3.04. The summed E-state index contributed by atoms with van der Waals surface area (Å²) in [5, 5.41) is 0. The molecule has 0 heterocycles. The highest BCUT2D eigenvalue weighted by molar-refractivity contribution is 9.09. The number of hydrogen-bond acceptors (Lipinski definition) is 0. The van der Waals surface area contributed by atoms with Gasteiger partial charge in [0.15, 0.2) is 0 Å². The highest BCUT2D eigenvalue weighted by Crippen LogP contribution is 2.31. The smallest absolute Gasteiger partial charge is 0.0584 e. The maximum atomic E-state index is 3.80. The van der Waals surface area contributed by atoms with Crippen LogP contribution in [-0.4, -0.2) is 0 Å². The average molecular weight is 383 g/mol. The van der Waals surface area contributed by atoms with E-state index in [1.807, 2.05) is 6.07 Å². The van der Waals surface area contributed by atoms with E-state index in [9.17, 15) is 0 Å². The second kappa shape index (κ2) is 8.82. The largest absolute Gasteiger partial charge is 0.153 e. The van der Waals surface area contributed by atoms with Crippen molar-refractivity contribution < 1.29 is 0 Å². The molecule has 0 nitrogen and oxygen atoms in total. The van der Waals surface area contributed by atoms with Crippen LogP contribution < -0.4 is 0 Å². The van der Waals surface area contributed by atoms with E-state index in [0.29, 0.717) is 0 Å². The van der Waals surface area contributed by atoms with Gasteiger partial charge in [-0.25, -0.2) is 0 Å². The third-order valence-corrected chi connectivity index (χ3v) is 4.39. The number of benzene rings is 3. The van der Waals surface area contributed by atoms with Gasteiger partial charge >= 0.3 is 0 Å². The molecule has 2 heteroatoms. The molecule has 3 rings (SSSR count). The molecule has 23 heavy (non-hydrogen) atoms. The van der Waals surface area contributed by atoms with Gasteiger partial charge in [-0.1, -0.05) is 113 Å². The minimum atomic E-state index is 0. The van der Waals surface area contributed by atoms with Crippen LogP contribution in [0.2, 0.25) is 0 Å². The zero-order chi connectivity index (χ0) is 15.2. The van der Waals surface area contributed by atoms with Crippen molar-refractivity contribution in [2.75, 3.05) is 0 Å². The van der Waals surface area contributed by atoms with Gasteiger partial charge in [0.1, 0.15) is 0 Å². The summed E-state index contributed by atoms with van der Waals surface area (Å²) in [4.78, 5) is 0.184. The highest BCUT2D eigenvalue weighted by Gasteiger charge is 2.09. The molecule has 2 atom stereocenters. The third kappa shape index (κ3) is 4.64. The van der Waals surface area contributed by atoms with Gasteiger partial charge < -0.3 is 0 Å². The Bertz CT molecular complexity index is 695. The number of rotatable bonds is 4. The van der Waals surface area contributed by atoms with Crippen molar-refractivity contribution in [1.29, 1.82) is 0 Å². The first-order chi connectivity index (χ1) is 10.8. The molecular weight excluding hydrogens is 363 g/mol. The number of alkyl halides is 1. The Morgan fingerprint density at radius 1 is 0.652 bits per heavy atom. The molecule has 0 aliphatic carbocycles. The molecule has 2 unspecified atom stereocenters. The first-order valence-electron chi connectivity index (χ1n) is 7.36. The quantitative estimate of drug-likeness (QED) is 0.366. The molecule has 0 aromatic heterocycles. The van der Waals surface area contributed by atoms with Crippen LogP contribution in [0.4, 0.5) is 0 Å². The number of halogens is 1. The van der Waals surface area contributed by atoms with E-state index in [1.165, 1.54) is 22.3 Å². The fraction of sp³-hybridized carbons (Fsp3) is 0.0476. The molecule has 3 aromatic carbocycles. The maximum Gasteiger partial charge on any atom is 0.0584 e. The van der Waals surface area contributed by atoms with E-state index in [-0.39, 0.29) is 14.7 Å². The summed E-state index contributed by atoms with van der Waals surface area (Å²) >= 11 is 3.80. The number of allylic oxidation sites excluding steroid dienone is 1. The van der Waals surface area contributed by atoms with Crippen LogP contribution in [0.15, 0.2) is 97.1 Å². The zero-order valence-corrected chi connectivity index (χ0v) is 15.9. The van der Waals surface area contributed by atoms with Gasteiger partial charge in [0.25, 0.3) is 0 Å². The Kier molecular flexibility index (Phi) is 6.77. The van der Waals surface area contributed by atoms with E-state index in [1.54, 1.807) is 0 Å². The summed E-state index contributed by atoms with van der Waals surface area (Å²) in [7, 11) is 0. The van der Waals surface area contributed by atoms with Crippen molar-refractivity contribution in [1.82, 2.24) is 0 Å². The summed E-state index contributed by atoms with van der Waals surface area (Å²) < 4.78 is 0. The van der Waals surface area contributed by atoms with Gasteiger partial charge in [0, 0.05) is 0 Å². The van der Waals surface area contributed by atoms with Gasteiger partial charge in [-0.2, -0.15) is 9.90 Å². The standard InChI is InChI=1S/C21H17Br.H3P/c22-21(19-14-8-3-9-15-19)16-20(17-10-4-1-5-11-17)18-12-6-2-7-13-18;/h1-16,21H;1H3. The monoisotopic (exact) mass is 382 g/mol. The Labute approximate surface area is 150 Å². The molecular formula is C21H20BrP. The summed E-state index contributed by atoms with van der Waals surface area (Å²) in [5.41, 5.74) is 4.96. The summed E-state index contributed by atoms with van der Waals surface area (Å²) in [5.74, 6) is 0. The molecule has 0 spiro atoms. The molecule has 0 saturated carbocycles. The van der Waals surface area contributed by atoms with Crippen LogP contribution in [0.25, 0.3) is 5.57 Å². The van der Waals surface area contributed by atoms with Gasteiger partial charge in [-0.05, 0) is 22.3 Å². The molecule has 116 valence electrons. The Balaban J connectivity index is 0.00000192. The van der Waals surface area contributed by atoms with Gasteiger partial charge in [0.05, 0.1) is 4.83 Å². The van der Waals surface area contributed by atoms with Gasteiger partial charge in [-0.15, -0.1) is 0 Å². The van der Waals surface area contributed by atoms with Crippen molar-refractivity contribution in [2.24, 2.45) is 0 Å². The molecule has 0 N–H and O–H groups in total. The first kappa shape index (κ1) is 17.7. The lowest BCUT2D eigenvalue weighted by Crippen LogP contribution is -1.92. The minimum Gasteiger partial charge on any atom is -0.153 e. The van der Waals surface area contributed by atoms with Crippen molar-refractivity contribution in [3.8, 4) is 0 Å². The number of hydrogen-bond donors (Lipinski definition) is 0. The second-order valence-corrected chi connectivity index (χ2v) is 6.11. The lowest BCUT2D eigenvalue weighted by atomic mass is 9.96. The Morgan fingerprint density at radius 3 is 1.48 bits per heavy atom. The summed E-state index contributed by atoms with van der Waals surface area (Å²) in [6, 6.07) is 31.5. The van der Waals surface area contributed by atoms with Gasteiger partial charge in [-0.3, -0.25) is 0 Å². The molecule has 0 bridgehead atoms. The predicted molar refractivity (Wildman–Crippen MR) is 109 cm³/mol. The molecule has 0 aliphatic heterocycles. The van der Waals surface area contributed by atoms with Crippen molar-refractivity contribution >= 4 is 31.4 Å². The second-order valence-electron chi connectivity index (χ2n) is 5.12. The van der Waals surface area contributed by atoms with Crippen LogP contribution in [0, 0.1) is 0 Å². The summed E-state index contributed by atoms with van der Waals surface area (Å²) in [6.45, 7) is 0. The van der Waals surface area contributed by atoms with E-state index >= 15 is 0 Å². The van der Waals surface area contributed by atoms with Crippen LogP contribution in [-0.2, 0) is 0 Å². The molecule has 0 fully saturated rings.